The molecule has 0 aliphatic heterocycles. The van der Waals surface area contributed by atoms with Crippen LogP contribution in [0.1, 0.15) is 32.1 Å². The molecule has 0 aromatic carbocycles. The highest BCUT2D eigenvalue weighted by molar-refractivity contribution is 7.09. The summed E-state index contributed by atoms with van der Waals surface area (Å²) in [6, 6.07) is 4.20. The number of nitrogens with two attached hydrogens (primary N) is 1. The minimum absolute atomic E-state index is 0.0560. The van der Waals surface area contributed by atoms with Crippen LogP contribution in [0.2, 0.25) is 0 Å². The van der Waals surface area contributed by atoms with Crippen LogP contribution in [0.4, 0.5) is 0 Å². The van der Waals surface area contributed by atoms with E-state index in [0.29, 0.717) is 0 Å². The van der Waals surface area contributed by atoms with Crippen molar-refractivity contribution in [3.05, 3.63) is 22.4 Å². The molecule has 0 spiro atoms. The van der Waals surface area contributed by atoms with Crippen molar-refractivity contribution in [2.75, 3.05) is 0 Å². The van der Waals surface area contributed by atoms with Gasteiger partial charge in [0.15, 0.2) is 0 Å². The maximum atomic E-state index is 5.83. The van der Waals surface area contributed by atoms with Gasteiger partial charge in [0.2, 0.25) is 0 Å². The third-order valence-corrected chi connectivity index (χ3v) is 2.62. The number of aliphatic imine (C=N–C) groups is 1. The lowest BCUT2D eigenvalue weighted by atomic mass is 10.1. The molecule has 2 N–H and O–H groups in total. The van der Waals surface area contributed by atoms with Crippen LogP contribution < -0.4 is 5.73 Å². The van der Waals surface area contributed by atoms with Crippen LogP contribution in [0, 0.1) is 0 Å². The highest BCUT2D eigenvalue weighted by atomic mass is 32.1. The molecule has 0 amide bonds. The van der Waals surface area contributed by atoms with E-state index in [2.05, 4.69) is 43.3 Å². The zero-order valence-corrected chi connectivity index (χ0v) is 9.90. The number of amidine groups is 1. The van der Waals surface area contributed by atoms with Gasteiger partial charge in [-0.25, -0.2) is 0 Å². The Kier molecular flexibility index (Phi) is 3.69. The molecule has 0 bridgehead atoms. The molecule has 0 radical (unpaired) electrons. The van der Waals surface area contributed by atoms with E-state index in [1.165, 1.54) is 4.88 Å². The summed E-state index contributed by atoms with van der Waals surface area (Å²) in [6.45, 7) is 6.18. The van der Waals surface area contributed by atoms with Gasteiger partial charge in [-0.05, 0) is 38.6 Å². The number of aryl methyl sites for hydroxylation is 1. The van der Waals surface area contributed by atoms with Gasteiger partial charge in [0.25, 0.3) is 0 Å². The van der Waals surface area contributed by atoms with Gasteiger partial charge >= 0.3 is 0 Å². The third kappa shape index (κ3) is 4.42. The molecule has 2 nitrogen and oxygen atoms in total. The van der Waals surface area contributed by atoms with Gasteiger partial charge in [-0.15, -0.1) is 11.3 Å². The van der Waals surface area contributed by atoms with Crippen LogP contribution in [0.25, 0.3) is 0 Å². The molecule has 0 fully saturated rings. The highest BCUT2D eigenvalue weighted by Gasteiger charge is 2.07. The summed E-state index contributed by atoms with van der Waals surface area (Å²) in [6.07, 6.45) is 1.86. The SMILES string of the molecule is CC(C)(C)N=C(N)CCc1cccs1. The van der Waals surface area contributed by atoms with Crippen molar-refractivity contribution in [3.8, 4) is 0 Å². The van der Waals surface area contributed by atoms with Crippen LogP contribution in [0.15, 0.2) is 22.5 Å². The molecule has 0 saturated carbocycles. The molecule has 14 heavy (non-hydrogen) atoms. The summed E-state index contributed by atoms with van der Waals surface area (Å²) in [5.41, 5.74) is 5.78. The van der Waals surface area contributed by atoms with Gasteiger partial charge in [-0.2, -0.15) is 0 Å². The van der Waals surface area contributed by atoms with Crippen molar-refractivity contribution in [1.82, 2.24) is 0 Å². The fourth-order valence-corrected chi connectivity index (χ4v) is 1.90. The summed E-state index contributed by atoms with van der Waals surface area (Å²) in [5.74, 6) is 0.755. The van der Waals surface area contributed by atoms with Gasteiger partial charge < -0.3 is 5.73 Å². The first-order valence-electron chi connectivity index (χ1n) is 4.84. The molecular formula is C11H18N2S. The van der Waals surface area contributed by atoms with Gasteiger partial charge in [-0.1, -0.05) is 6.07 Å². The van der Waals surface area contributed by atoms with Gasteiger partial charge in [0.1, 0.15) is 0 Å². The average Bonchev–Trinajstić information content (AvgIpc) is 2.49. The number of thiophene rings is 1. The molecule has 78 valence electrons. The molecule has 3 heteroatoms. The van der Waals surface area contributed by atoms with E-state index >= 15 is 0 Å². The molecule has 0 aliphatic rings. The second kappa shape index (κ2) is 4.60. The molecule has 0 unspecified atom stereocenters. The maximum absolute atomic E-state index is 5.83. The van der Waals surface area contributed by atoms with Gasteiger partial charge in [0.05, 0.1) is 11.4 Å². The van der Waals surface area contributed by atoms with E-state index in [4.69, 9.17) is 5.73 Å². The summed E-state index contributed by atoms with van der Waals surface area (Å²) < 4.78 is 0. The second-order valence-electron chi connectivity index (χ2n) is 4.35. The van der Waals surface area contributed by atoms with Crippen LogP contribution >= 0.6 is 11.3 Å². The lowest BCUT2D eigenvalue weighted by Gasteiger charge is -2.13. The first-order valence-corrected chi connectivity index (χ1v) is 5.72. The Morgan fingerprint density at radius 2 is 2.21 bits per heavy atom. The second-order valence-corrected chi connectivity index (χ2v) is 5.39. The molecule has 0 aliphatic carbocycles. The lowest BCUT2D eigenvalue weighted by Crippen LogP contribution is -2.20. The predicted molar refractivity (Wildman–Crippen MR) is 64.0 cm³/mol. The van der Waals surface area contributed by atoms with E-state index in [-0.39, 0.29) is 5.54 Å². The summed E-state index contributed by atoms with van der Waals surface area (Å²) in [5, 5.41) is 2.09. The van der Waals surface area contributed by atoms with Crippen molar-refractivity contribution in [3.63, 3.8) is 0 Å². The van der Waals surface area contributed by atoms with Crippen molar-refractivity contribution in [1.29, 1.82) is 0 Å². The van der Waals surface area contributed by atoms with E-state index in [1.807, 2.05) is 0 Å². The van der Waals surface area contributed by atoms with Crippen LogP contribution in [0.5, 0.6) is 0 Å². The van der Waals surface area contributed by atoms with Crippen LogP contribution in [0.3, 0.4) is 0 Å². The molecule has 0 saturated heterocycles. The molecule has 0 atom stereocenters. The number of rotatable bonds is 3. The Labute approximate surface area is 89.9 Å². The van der Waals surface area contributed by atoms with Crippen molar-refractivity contribution in [2.45, 2.75) is 39.2 Å². The highest BCUT2D eigenvalue weighted by Crippen LogP contribution is 2.12. The van der Waals surface area contributed by atoms with E-state index in [1.54, 1.807) is 11.3 Å². The summed E-state index contributed by atoms with van der Waals surface area (Å²) >= 11 is 1.77. The number of hydrogen-bond donors (Lipinski definition) is 1. The maximum Gasteiger partial charge on any atom is 0.0947 e. The van der Waals surface area contributed by atoms with Crippen molar-refractivity contribution < 1.29 is 0 Å². The Morgan fingerprint density at radius 1 is 1.50 bits per heavy atom. The number of hydrogen-bond acceptors (Lipinski definition) is 2. The first-order chi connectivity index (χ1) is 6.47. The largest absolute Gasteiger partial charge is 0.387 e. The minimum Gasteiger partial charge on any atom is -0.387 e. The average molecular weight is 210 g/mol. The fourth-order valence-electron chi connectivity index (χ4n) is 1.19. The van der Waals surface area contributed by atoms with E-state index in [0.717, 1.165) is 18.7 Å². The first kappa shape index (κ1) is 11.2. The van der Waals surface area contributed by atoms with Crippen LogP contribution in [-0.2, 0) is 6.42 Å². The van der Waals surface area contributed by atoms with E-state index < -0.39 is 0 Å². The molecule has 1 aromatic rings. The minimum atomic E-state index is -0.0560. The van der Waals surface area contributed by atoms with Gasteiger partial charge in [0, 0.05) is 11.3 Å². The van der Waals surface area contributed by atoms with Crippen molar-refractivity contribution >= 4 is 17.2 Å². The number of nitrogens with zero attached hydrogens (tertiary/aromatic N) is 1. The van der Waals surface area contributed by atoms with E-state index in [9.17, 15) is 0 Å². The quantitative estimate of drug-likeness (QED) is 0.604. The topological polar surface area (TPSA) is 38.4 Å². The molecule has 1 rings (SSSR count). The zero-order chi connectivity index (χ0) is 10.6. The third-order valence-electron chi connectivity index (χ3n) is 1.69. The fraction of sp³-hybridized carbons (Fsp3) is 0.545. The summed E-state index contributed by atoms with van der Waals surface area (Å²) in [4.78, 5) is 5.78. The van der Waals surface area contributed by atoms with Crippen molar-refractivity contribution in [2.24, 2.45) is 10.7 Å². The smallest absolute Gasteiger partial charge is 0.0947 e. The Morgan fingerprint density at radius 3 is 2.71 bits per heavy atom. The van der Waals surface area contributed by atoms with Gasteiger partial charge in [-0.3, -0.25) is 4.99 Å². The molecular weight excluding hydrogens is 192 g/mol. The van der Waals surface area contributed by atoms with Crippen LogP contribution in [-0.4, -0.2) is 11.4 Å². The standard InChI is InChI=1S/C11H18N2S/c1-11(2,3)13-10(12)7-6-9-5-4-8-14-9/h4-5,8H,6-7H2,1-3H3,(H2,12,13). The molecule has 1 aromatic heterocycles. The normalized spacial score (nSPS) is 13.2. The summed E-state index contributed by atoms with van der Waals surface area (Å²) in [7, 11) is 0. The Hall–Kier alpha value is -0.830. The lowest BCUT2D eigenvalue weighted by molar-refractivity contribution is 0.580. The zero-order valence-electron chi connectivity index (χ0n) is 9.08. The Balaban J connectivity index is 2.42. The Bertz CT molecular complexity index is 294. The molecule has 1 heterocycles. The predicted octanol–water partition coefficient (Wildman–Crippen LogP) is 2.84. The monoisotopic (exact) mass is 210 g/mol.